The largest absolute Gasteiger partial charge is 0.496 e. The first-order chi connectivity index (χ1) is 14.0. The van der Waals surface area contributed by atoms with E-state index in [0.717, 1.165) is 45.0 Å². The van der Waals surface area contributed by atoms with Crippen LogP contribution in [0, 0.1) is 13.8 Å². The maximum Gasteiger partial charge on any atom is 0.228 e. The molecule has 4 rings (SSSR count). The molecule has 0 radical (unpaired) electrons. The zero-order valence-electron chi connectivity index (χ0n) is 16.8. The molecule has 2 aromatic heterocycles. The number of nitrogens with one attached hydrogen (secondary N) is 1. The van der Waals surface area contributed by atoms with Crippen molar-refractivity contribution in [2.75, 3.05) is 12.4 Å². The maximum absolute atomic E-state index is 12.4. The van der Waals surface area contributed by atoms with Crippen LogP contribution in [0.15, 0.2) is 67.0 Å². The van der Waals surface area contributed by atoms with Crippen molar-refractivity contribution in [3.8, 4) is 17.0 Å². The van der Waals surface area contributed by atoms with Crippen LogP contribution in [0.4, 0.5) is 5.69 Å². The van der Waals surface area contributed by atoms with Crippen molar-refractivity contribution in [2.24, 2.45) is 0 Å². The molecule has 0 unspecified atom stereocenters. The lowest BCUT2D eigenvalue weighted by atomic mass is 10.1. The molecule has 2 aromatic carbocycles. The fraction of sp³-hybridized carbons (Fsp3) is 0.167. The molecule has 0 fully saturated rings. The minimum absolute atomic E-state index is 0.0503. The maximum atomic E-state index is 12.4. The first kappa shape index (κ1) is 18.7. The number of anilines is 1. The molecule has 2 heterocycles. The van der Waals surface area contributed by atoms with E-state index in [1.165, 1.54) is 0 Å². The van der Waals surface area contributed by atoms with Crippen molar-refractivity contribution in [1.82, 2.24) is 9.38 Å². The van der Waals surface area contributed by atoms with Crippen LogP contribution in [0.25, 0.3) is 16.9 Å². The predicted octanol–water partition coefficient (Wildman–Crippen LogP) is 4.81. The van der Waals surface area contributed by atoms with Crippen molar-refractivity contribution in [3.05, 3.63) is 83.7 Å². The van der Waals surface area contributed by atoms with E-state index in [0.29, 0.717) is 6.42 Å². The molecule has 0 spiro atoms. The van der Waals surface area contributed by atoms with Crippen molar-refractivity contribution in [2.45, 2.75) is 20.3 Å². The number of ether oxygens (including phenoxy) is 1. The number of hydrogen-bond donors (Lipinski definition) is 1. The van der Waals surface area contributed by atoms with Crippen LogP contribution in [0.5, 0.6) is 5.75 Å². The number of amides is 1. The smallest absolute Gasteiger partial charge is 0.228 e. The highest BCUT2D eigenvalue weighted by Crippen LogP contribution is 2.23. The SMILES string of the molecule is COc1ccc(CC(=O)Nc2ccc(-c3cn4cccc(C)c4n3)cc2)cc1C. The molecule has 4 aromatic rings. The van der Waals surface area contributed by atoms with E-state index >= 15 is 0 Å². The Balaban J connectivity index is 1.45. The number of nitrogens with zero attached hydrogens (tertiary/aromatic N) is 2. The van der Waals surface area contributed by atoms with E-state index in [1.54, 1.807) is 7.11 Å². The predicted molar refractivity (Wildman–Crippen MR) is 115 cm³/mol. The molecular weight excluding hydrogens is 362 g/mol. The second-order valence-electron chi connectivity index (χ2n) is 7.15. The number of aryl methyl sites for hydroxylation is 2. The van der Waals surface area contributed by atoms with Crippen LogP contribution in [0.3, 0.4) is 0 Å². The van der Waals surface area contributed by atoms with Crippen molar-refractivity contribution in [3.63, 3.8) is 0 Å². The lowest BCUT2D eigenvalue weighted by Crippen LogP contribution is -2.14. The molecule has 29 heavy (non-hydrogen) atoms. The van der Waals surface area contributed by atoms with Gasteiger partial charge in [0, 0.05) is 23.6 Å². The number of carbonyl (C=O) groups is 1. The number of pyridine rings is 1. The topological polar surface area (TPSA) is 55.6 Å². The average molecular weight is 385 g/mol. The summed E-state index contributed by atoms with van der Waals surface area (Å²) in [6.45, 7) is 4.02. The highest BCUT2D eigenvalue weighted by atomic mass is 16.5. The Kier molecular flexibility index (Phi) is 5.04. The molecule has 5 nitrogen and oxygen atoms in total. The summed E-state index contributed by atoms with van der Waals surface area (Å²) < 4.78 is 7.29. The van der Waals surface area contributed by atoms with Gasteiger partial charge in [-0.05, 0) is 54.8 Å². The Bertz CT molecular complexity index is 1180. The van der Waals surface area contributed by atoms with Gasteiger partial charge in [-0.15, -0.1) is 0 Å². The third kappa shape index (κ3) is 3.99. The number of methoxy groups -OCH3 is 1. The Hall–Kier alpha value is -3.60. The van der Waals surface area contributed by atoms with Crippen LogP contribution in [0.2, 0.25) is 0 Å². The molecule has 0 saturated carbocycles. The lowest BCUT2D eigenvalue weighted by molar-refractivity contribution is -0.115. The van der Waals surface area contributed by atoms with Gasteiger partial charge in [0.15, 0.2) is 0 Å². The van der Waals surface area contributed by atoms with E-state index in [9.17, 15) is 4.79 Å². The van der Waals surface area contributed by atoms with Gasteiger partial charge in [0.2, 0.25) is 5.91 Å². The molecule has 0 aliphatic rings. The number of aromatic nitrogens is 2. The molecule has 0 aliphatic heterocycles. The normalized spacial score (nSPS) is 10.9. The summed E-state index contributed by atoms with van der Waals surface area (Å²) in [5.41, 5.74) is 6.75. The summed E-state index contributed by atoms with van der Waals surface area (Å²) in [5, 5.41) is 2.96. The second-order valence-corrected chi connectivity index (χ2v) is 7.15. The number of rotatable bonds is 5. The molecule has 0 aliphatic carbocycles. The molecule has 1 amide bonds. The Labute approximate surface area is 170 Å². The Morgan fingerprint density at radius 2 is 1.86 bits per heavy atom. The first-order valence-electron chi connectivity index (χ1n) is 9.51. The van der Waals surface area contributed by atoms with Gasteiger partial charge in [-0.1, -0.05) is 30.3 Å². The quantitative estimate of drug-likeness (QED) is 0.536. The van der Waals surface area contributed by atoms with Gasteiger partial charge >= 0.3 is 0 Å². The molecule has 0 atom stereocenters. The zero-order chi connectivity index (χ0) is 20.4. The van der Waals surface area contributed by atoms with Gasteiger partial charge in [-0.3, -0.25) is 4.79 Å². The minimum Gasteiger partial charge on any atom is -0.496 e. The van der Waals surface area contributed by atoms with E-state index in [-0.39, 0.29) is 5.91 Å². The van der Waals surface area contributed by atoms with Crippen LogP contribution in [-0.2, 0) is 11.2 Å². The molecule has 1 N–H and O–H groups in total. The van der Waals surface area contributed by atoms with E-state index in [1.807, 2.05) is 72.2 Å². The zero-order valence-corrected chi connectivity index (χ0v) is 16.8. The highest BCUT2D eigenvalue weighted by molar-refractivity contribution is 5.92. The highest BCUT2D eigenvalue weighted by Gasteiger charge is 2.09. The van der Waals surface area contributed by atoms with E-state index in [2.05, 4.69) is 18.3 Å². The lowest BCUT2D eigenvalue weighted by Gasteiger charge is -2.09. The minimum atomic E-state index is -0.0503. The van der Waals surface area contributed by atoms with Gasteiger partial charge in [-0.2, -0.15) is 0 Å². The standard InChI is InChI=1S/C24H23N3O2/c1-16-5-4-12-27-15-21(26-24(16)27)19-7-9-20(10-8-19)25-23(28)14-18-6-11-22(29-3)17(2)13-18/h4-13,15H,14H2,1-3H3,(H,25,28). The molecule has 0 saturated heterocycles. The molecule has 5 heteroatoms. The van der Waals surface area contributed by atoms with Crippen LogP contribution in [-0.4, -0.2) is 22.4 Å². The van der Waals surface area contributed by atoms with Gasteiger partial charge in [0.1, 0.15) is 11.4 Å². The van der Waals surface area contributed by atoms with Crippen LogP contribution < -0.4 is 10.1 Å². The average Bonchev–Trinajstić information content (AvgIpc) is 3.14. The summed E-state index contributed by atoms with van der Waals surface area (Å²) in [7, 11) is 1.64. The molecule has 146 valence electrons. The first-order valence-corrected chi connectivity index (χ1v) is 9.51. The number of imidazole rings is 1. The monoisotopic (exact) mass is 385 g/mol. The van der Waals surface area contributed by atoms with Crippen molar-refractivity contribution < 1.29 is 9.53 Å². The summed E-state index contributed by atoms with van der Waals surface area (Å²) >= 11 is 0. The fourth-order valence-electron chi connectivity index (χ4n) is 3.46. The molecule has 0 bridgehead atoms. The summed E-state index contributed by atoms with van der Waals surface area (Å²) in [4.78, 5) is 17.1. The third-order valence-electron chi connectivity index (χ3n) is 4.97. The number of hydrogen-bond acceptors (Lipinski definition) is 3. The molecular formula is C24H23N3O2. The summed E-state index contributed by atoms with van der Waals surface area (Å²) in [6, 6.07) is 17.6. The second kappa shape index (κ2) is 7.80. The van der Waals surface area contributed by atoms with Gasteiger partial charge in [0.05, 0.1) is 19.2 Å². The van der Waals surface area contributed by atoms with Gasteiger partial charge < -0.3 is 14.5 Å². The van der Waals surface area contributed by atoms with Crippen molar-refractivity contribution >= 4 is 17.2 Å². The van der Waals surface area contributed by atoms with E-state index in [4.69, 9.17) is 9.72 Å². The van der Waals surface area contributed by atoms with Gasteiger partial charge in [-0.25, -0.2) is 4.98 Å². The fourth-order valence-corrected chi connectivity index (χ4v) is 3.46. The summed E-state index contributed by atoms with van der Waals surface area (Å²) in [5.74, 6) is 0.776. The number of fused-ring (bicyclic) bond motifs is 1. The number of benzene rings is 2. The Morgan fingerprint density at radius 3 is 2.55 bits per heavy atom. The van der Waals surface area contributed by atoms with E-state index < -0.39 is 0 Å². The van der Waals surface area contributed by atoms with Crippen LogP contribution in [0.1, 0.15) is 16.7 Å². The van der Waals surface area contributed by atoms with Crippen molar-refractivity contribution in [1.29, 1.82) is 0 Å². The van der Waals surface area contributed by atoms with Crippen LogP contribution >= 0.6 is 0 Å². The Morgan fingerprint density at radius 1 is 1.07 bits per heavy atom. The third-order valence-corrected chi connectivity index (χ3v) is 4.97. The van der Waals surface area contributed by atoms with Gasteiger partial charge in [0.25, 0.3) is 0 Å². The summed E-state index contributed by atoms with van der Waals surface area (Å²) in [6.07, 6.45) is 4.33. The number of carbonyl (C=O) groups excluding carboxylic acids is 1.